The molecular weight excluding hydrogens is 286 g/mol. The monoisotopic (exact) mass is 293 g/mol. The van der Waals surface area contributed by atoms with Gasteiger partial charge in [-0.05, 0) is 22.0 Å². The zero-order valence-electron chi connectivity index (χ0n) is 8.88. The quantitative estimate of drug-likeness (QED) is 0.733. The maximum atomic E-state index is 11.9. The van der Waals surface area contributed by atoms with Gasteiger partial charge in [0, 0.05) is 25.5 Å². The largest absolute Gasteiger partial charge is 0.296 e. The molecule has 0 spiro atoms. The highest BCUT2D eigenvalue weighted by atomic mass is 79.9. The van der Waals surface area contributed by atoms with Gasteiger partial charge in [-0.1, -0.05) is 0 Å². The molecule has 3 aromatic rings. The number of aryl methyl sites for hydroxylation is 1. The highest BCUT2D eigenvalue weighted by molar-refractivity contribution is 9.10. The van der Waals surface area contributed by atoms with E-state index in [1.165, 1.54) is 10.6 Å². The number of nitrogens with zero attached hydrogens (tertiary/aromatic N) is 4. The second-order valence-corrected chi connectivity index (χ2v) is 4.45. The van der Waals surface area contributed by atoms with Gasteiger partial charge in [-0.15, -0.1) is 0 Å². The van der Waals surface area contributed by atoms with Gasteiger partial charge in [0.1, 0.15) is 0 Å². The Kier molecular flexibility index (Phi) is 2.15. The van der Waals surface area contributed by atoms with Gasteiger partial charge in [-0.25, -0.2) is 9.50 Å². The molecule has 0 amide bonds. The first-order valence-corrected chi connectivity index (χ1v) is 5.71. The van der Waals surface area contributed by atoms with Crippen LogP contribution in [0.25, 0.3) is 17.0 Å². The van der Waals surface area contributed by atoms with E-state index in [9.17, 15) is 4.79 Å². The van der Waals surface area contributed by atoms with E-state index in [2.05, 4.69) is 31.1 Å². The molecule has 0 aliphatic carbocycles. The average molecular weight is 294 g/mol. The van der Waals surface area contributed by atoms with Crippen molar-refractivity contribution < 1.29 is 0 Å². The molecule has 0 aromatic carbocycles. The zero-order chi connectivity index (χ0) is 12.0. The molecule has 17 heavy (non-hydrogen) atoms. The van der Waals surface area contributed by atoms with Crippen molar-refractivity contribution in [3.05, 3.63) is 39.4 Å². The molecule has 1 N–H and O–H groups in total. The van der Waals surface area contributed by atoms with E-state index in [1.807, 2.05) is 13.1 Å². The highest BCUT2D eigenvalue weighted by Crippen LogP contribution is 2.18. The maximum absolute atomic E-state index is 11.9. The van der Waals surface area contributed by atoms with E-state index in [1.54, 1.807) is 17.1 Å². The fourth-order valence-electron chi connectivity index (χ4n) is 1.71. The molecule has 7 heteroatoms. The summed E-state index contributed by atoms with van der Waals surface area (Å²) in [5, 5.41) is 6.88. The molecule has 0 aliphatic rings. The first-order valence-electron chi connectivity index (χ1n) is 4.92. The number of nitrogens with one attached hydrogen (secondary N) is 1. The van der Waals surface area contributed by atoms with E-state index in [0.717, 1.165) is 10.2 Å². The van der Waals surface area contributed by atoms with E-state index < -0.39 is 0 Å². The van der Waals surface area contributed by atoms with Gasteiger partial charge in [0.25, 0.3) is 5.56 Å². The second-order valence-electron chi connectivity index (χ2n) is 3.60. The fraction of sp³-hybridized carbons (Fsp3) is 0.100. The SMILES string of the molecule is Cn1nccc1-c1cc(=O)n2[nH]cc(Br)c2n1. The molecule has 3 aromatic heterocycles. The molecule has 0 saturated carbocycles. The van der Waals surface area contributed by atoms with Crippen LogP contribution in [0.15, 0.2) is 33.8 Å². The van der Waals surface area contributed by atoms with E-state index >= 15 is 0 Å². The fourth-order valence-corrected chi connectivity index (χ4v) is 2.08. The van der Waals surface area contributed by atoms with Crippen molar-refractivity contribution in [2.45, 2.75) is 0 Å². The number of aromatic amines is 1. The maximum Gasteiger partial charge on any atom is 0.273 e. The Labute approximate surface area is 104 Å². The predicted octanol–water partition coefficient (Wildman–Crippen LogP) is 1.19. The summed E-state index contributed by atoms with van der Waals surface area (Å²) in [6.45, 7) is 0. The van der Waals surface area contributed by atoms with E-state index in [-0.39, 0.29) is 5.56 Å². The Bertz CT molecular complexity index is 753. The van der Waals surface area contributed by atoms with Crippen LogP contribution in [0.5, 0.6) is 0 Å². The summed E-state index contributed by atoms with van der Waals surface area (Å²) >= 11 is 3.34. The number of aromatic nitrogens is 5. The first-order chi connectivity index (χ1) is 8.16. The normalized spacial score (nSPS) is 11.2. The number of fused-ring (bicyclic) bond motifs is 1. The molecule has 86 valence electrons. The van der Waals surface area contributed by atoms with Crippen molar-refractivity contribution in [2.24, 2.45) is 7.05 Å². The van der Waals surface area contributed by atoms with Crippen molar-refractivity contribution >= 4 is 21.6 Å². The summed E-state index contributed by atoms with van der Waals surface area (Å²) in [7, 11) is 1.81. The molecular formula is C10H8BrN5O. The second kappa shape index (κ2) is 3.56. The minimum absolute atomic E-state index is 0.156. The molecule has 0 fully saturated rings. The van der Waals surface area contributed by atoms with Crippen LogP contribution in [0, 0.1) is 0 Å². The summed E-state index contributed by atoms with van der Waals surface area (Å²) in [6.07, 6.45) is 3.35. The summed E-state index contributed by atoms with van der Waals surface area (Å²) in [5.74, 6) is 0. The van der Waals surface area contributed by atoms with Crippen molar-refractivity contribution in [1.29, 1.82) is 0 Å². The summed E-state index contributed by atoms with van der Waals surface area (Å²) in [6, 6.07) is 3.30. The molecule has 3 rings (SSSR count). The Morgan fingerprint density at radius 2 is 2.29 bits per heavy atom. The smallest absolute Gasteiger partial charge is 0.273 e. The highest BCUT2D eigenvalue weighted by Gasteiger charge is 2.10. The van der Waals surface area contributed by atoms with Crippen molar-refractivity contribution in [1.82, 2.24) is 24.4 Å². The Balaban J connectivity index is 2.36. The van der Waals surface area contributed by atoms with Crippen molar-refractivity contribution in [3.63, 3.8) is 0 Å². The topological polar surface area (TPSA) is 68.0 Å². The first kappa shape index (κ1) is 10.3. The van der Waals surface area contributed by atoms with Gasteiger partial charge < -0.3 is 0 Å². The van der Waals surface area contributed by atoms with Crippen LogP contribution in [-0.4, -0.2) is 24.4 Å². The van der Waals surface area contributed by atoms with E-state index in [0.29, 0.717) is 11.3 Å². The minimum Gasteiger partial charge on any atom is -0.296 e. The summed E-state index contributed by atoms with van der Waals surface area (Å²) in [4.78, 5) is 16.3. The molecule has 0 bridgehead atoms. The Morgan fingerprint density at radius 3 is 3.00 bits per heavy atom. The van der Waals surface area contributed by atoms with Crippen molar-refractivity contribution in [2.75, 3.05) is 0 Å². The lowest BCUT2D eigenvalue weighted by Crippen LogP contribution is -2.14. The lowest BCUT2D eigenvalue weighted by Gasteiger charge is -2.01. The van der Waals surface area contributed by atoms with Crippen LogP contribution in [0.1, 0.15) is 0 Å². The third-order valence-electron chi connectivity index (χ3n) is 2.54. The lowest BCUT2D eigenvalue weighted by molar-refractivity contribution is 0.772. The van der Waals surface area contributed by atoms with Gasteiger partial charge >= 0.3 is 0 Å². The van der Waals surface area contributed by atoms with Gasteiger partial charge in [-0.2, -0.15) is 5.10 Å². The number of halogens is 1. The van der Waals surface area contributed by atoms with Crippen LogP contribution in [0.2, 0.25) is 0 Å². The summed E-state index contributed by atoms with van der Waals surface area (Å²) in [5.41, 5.74) is 1.82. The third-order valence-corrected chi connectivity index (χ3v) is 3.12. The number of hydrogen-bond acceptors (Lipinski definition) is 3. The van der Waals surface area contributed by atoms with Crippen LogP contribution < -0.4 is 5.56 Å². The number of H-pyrrole nitrogens is 1. The zero-order valence-corrected chi connectivity index (χ0v) is 10.5. The van der Waals surface area contributed by atoms with Crippen LogP contribution in [0.4, 0.5) is 0 Å². The molecule has 0 saturated heterocycles. The van der Waals surface area contributed by atoms with Crippen LogP contribution in [0.3, 0.4) is 0 Å². The molecule has 0 radical (unpaired) electrons. The van der Waals surface area contributed by atoms with Gasteiger partial charge in [-0.3, -0.25) is 14.6 Å². The predicted molar refractivity (Wildman–Crippen MR) is 65.7 cm³/mol. The summed E-state index contributed by atoms with van der Waals surface area (Å²) < 4.78 is 3.81. The van der Waals surface area contributed by atoms with Gasteiger partial charge in [0.2, 0.25) is 0 Å². The lowest BCUT2D eigenvalue weighted by atomic mass is 10.3. The molecule has 0 atom stereocenters. The van der Waals surface area contributed by atoms with Gasteiger partial charge in [0.15, 0.2) is 5.65 Å². The minimum atomic E-state index is -0.156. The Hall–Kier alpha value is -1.89. The van der Waals surface area contributed by atoms with Crippen molar-refractivity contribution in [3.8, 4) is 11.4 Å². The molecule has 0 unspecified atom stereocenters. The van der Waals surface area contributed by atoms with Gasteiger partial charge in [0.05, 0.1) is 15.9 Å². The average Bonchev–Trinajstić information content (AvgIpc) is 2.86. The Morgan fingerprint density at radius 1 is 1.47 bits per heavy atom. The van der Waals surface area contributed by atoms with Crippen LogP contribution in [-0.2, 0) is 7.05 Å². The number of hydrogen-bond donors (Lipinski definition) is 1. The van der Waals surface area contributed by atoms with E-state index in [4.69, 9.17) is 0 Å². The standard InChI is InChI=1S/C10H8BrN5O/c1-15-8(2-3-12-15)7-4-9(17)16-10(14-7)6(11)5-13-16/h2-5,13H,1H3. The number of rotatable bonds is 1. The van der Waals surface area contributed by atoms with Crippen LogP contribution >= 0.6 is 15.9 Å². The molecule has 3 heterocycles. The third kappa shape index (κ3) is 1.50. The molecule has 0 aliphatic heterocycles. The molecule has 6 nitrogen and oxygen atoms in total.